The van der Waals surface area contributed by atoms with Gasteiger partial charge in [0.2, 0.25) is 0 Å². The van der Waals surface area contributed by atoms with Crippen LogP contribution in [0.25, 0.3) is 0 Å². The molecular weight excluding hydrogens is 186 g/mol. The van der Waals surface area contributed by atoms with Crippen molar-refractivity contribution in [2.75, 3.05) is 13.1 Å². The van der Waals surface area contributed by atoms with Crippen molar-refractivity contribution in [1.82, 2.24) is 4.57 Å². The van der Waals surface area contributed by atoms with Crippen molar-refractivity contribution in [1.29, 1.82) is 0 Å². The summed E-state index contributed by atoms with van der Waals surface area (Å²) < 4.78 is 2.72. The van der Waals surface area contributed by atoms with E-state index >= 15 is 0 Å². The number of hydrogen-bond acceptors (Lipinski definition) is 1. The van der Waals surface area contributed by atoms with Crippen LogP contribution in [-0.2, 0) is 0 Å². The van der Waals surface area contributed by atoms with Crippen LogP contribution in [0.4, 0.5) is 0 Å². The molecule has 1 nitrogen and oxygen atoms in total. The molecule has 0 aliphatic carbocycles. The quantitative estimate of drug-likeness (QED) is 0.650. The molecule has 0 atom stereocenters. The lowest BCUT2D eigenvalue weighted by Gasteiger charge is -2.46. The van der Waals surface area contributed by atoms with Gasteiger partial charge in [0.25, 0.3) is 0 Å². The third-order valence-corrected chi connectivity index (χ3v) is 7.56. The minimum atomic E-state index is -0.892. The molecule has 0 unspecified atom stereocenters. The molecule has 0 aromatic carbocycles. The largest absolute Gasteiger partial charge is 0.326 e. The number of hydrogen-bond donors (Lipinski definition) is 0. The Hall–Kier alpha value is 0.177. The molecule has 0 rings (SSSR count). The van der Waals surface area contributed by atoms with Gasteiger partial charge in [-0.25, -0.2) is 0 Å². The molecule has 0 aromatic heterocycles. The Morgan fingerprint density at radius 2 is 1.07 bits per heavy atom. The maximum Gasteiger partial charge on any atom is 0.122 e. The van der Waals surface area contributed by atoms with Gasteiger partial charge in [0.15, 0.2) is 0 Å². The van der Waals surface area contributed by atoms with Crippen LogP contribution in [-0.4, -0.2) is 26.6 Å². The fourth-order valence-electron chi connectivity index (χ4n) is 2.98. The summed E-state index contributed by atoms with van der Waals surface area (Å²) in [6.07, 6.45) is 0. The fraction of sp³-hybridized carbons (Fsp3) is 1.00. The third kappa shape index (κ3) is 3.74. The second kappa shape index (κ2) is 4.80. The van der Waals surface area contributed by atoms with Crippen LogP contribution in [0, 0.1) is 0 Å². The topological polar surface area (TPSA) is 3.24 Å². The lowest BCUT2D eigenvalue weighted by atomic mass is 10.2. The molecule has 2 heteroatoms. The van der Waals surface area contributed by atoms with Crippen LogP contribution in [0.5, 0.6) is 0 Å². The summed E-state index contributed by atoms with van der Waals surface area (Å²) in [5.74, 6) is 0. The average Bonchev–Trinajstić information content (AvgIpc) is 1.94. The van der Waals surface area contributed by atoms with Gasteiger partial charge in [0.05, 0.1) is 0 Å². The second-order valence-electron chi connectivity index (χ2n) is 6.36. The van der Waals surface area contributed by atoms with E-state index in [1.807, 2.05) is 0 Å². The fourth-order valence-corrected chi connectivity index (χ4v) is 8.50. The van der Waals surface area contributed by atoms with Gasteiger partial charge in [-0.1, -0.05) is 55.4 Å². The summed E-state index contributed by atoms with van der Waals surface area (Å²) in [7, 11) is -0.892. The van der Waals surface area contributed by atoms with Crippen LogP contribution in [0.2, 0.25) is 10.1 Å². The first kappa shape index (κ1) is 14.2. The van der Waals surface area contributed by atoms with E-state index in [9.17, 15) is 0 Å². The van der Waals surface area contributed by atoms with Crippen LogP contribution in [0.15, 0.2) is 0 Å². The molecule has 0 saturated carbocycles. The van der Waals surface area contributed by atoms with Crippen LogP contribution >= 0.6 is 0 Å². The maximum atomic E-state index is 2.72. The van der Waals surface area contributed by atoms with Crippen molar-refractivity contribution in [3.05, 3.63) is 0 Å². The summed E-state index contributed by atoms with van der Waals surface area (Å²) in [6, 6.07) is 0. The van der Waals surface area contributed by atoms with Gasteiger partial charge in [0, 0.05) is 0 Å². The zero-order chi connectivity index (χ0) is 11.6. The standard InChI is InChI=1S/C12H29NSi/c1-9-13(10-2)14(11(3,4)5)12(6,7)8/h14H,9-10H2,1-8H3. The van der Waals surface area contributed by atoms with Crippen LogP contribution in [0.3, 0.4) is 0 Å². The molecular formula is C12H29NSi. The molecule has 0 spiro atoms. The average molecular weight is 215 g/mol. The van der Waals surface area contributed by atoms with Gasteiger partial charge in [-0.2, -0.15) is 0 Å². The normalized spacial score (nSPS) is 14.1. The molecule has 0 radical (unpaired) electrons. The molecule has 0 aliphatic rings. The smallest absolute Gasteiger partial charge is 0.122 e. The predicted molar refractivity (Wildman–Crippen MR) is 69.5 cm³/mol. The minimum Gasteiger partial charge on any atom is -0.326 e. The highest BCUT2D eigenvalue weighted by Crippen LogP contribution is 2.43. The van der Waals surface area contributed by atoms with E-state index < -0.39 is 8.96 Å². The van der Waals surface area contributed by atoms with E-state index in [0.717, 1.165) is 0 Å². The van der Waals surface area contributed by atoms with E-state index in [2.05, 4.69) is 60.0 Å². The Labute approximate surface area is 92.6 Å². The molecule has 0 bridgehead atoms. The molecule has 0 amide bonds. The summed E-state index contributed by atoms with van der Waals surface area (Å²) >= 11 is 0. The highest BCUT2D eigenvalue weighted by molar-refractivity contribution is 6.62. The lowest BCUT2D eigenvalue weighted by Crippen LogP contribution is -2.51. The van der Waals surface area contributed by atoms with Gasteiger partial charge >= 0.3 is 0 Å². The molecule has 0 heterocycles. The maximum absolute atomic E-state index is 2.72. The lowest BCUT2D eigenvalue weighted by molar-refractivity contribution is 0.420. The van der Waals surface area contributed by atoms with Crippen molar-refractivity contribution >= 4 is 8.96 Å². The Kier molecular flexibility index (Phi) is 4.86. The number of nitrogens with zero attached hydrogens (tertiary/aromatic N) is 1. The Morgan fingerprint density at radius 1 is 0.786 bits per heavy atom. The monoisotopic (exact) mass is 215 g/mol. The van der Waals surface area contributed by atoms with E-state index in [-0.39, 0.29) is 0 Å². The molecule has 0 aliphatic heterocycles. The predicted octanol–water partition coefficient (Wildman–Crippen LogP) is 3.65. The zero-order valence-electron chi connectivity index (χ0n) is 11.4. The Balaban J connectivity index is 4.91. The highest BCUT2D eigenvalue weighted by Gasteiger charge is 2.39. The van der Waals surface area contributed by atoms with Gasteiger partial charge in [-0.15, -0.1) is 0 Å². The summed E-state index contributed by atoms with van der Waals surface area (Å²) in [5.41, 5.74) is 0. The number of rotatable bonds is 3. The van der Waals surface area contributed by atoms with Crippen molar-refractivity contribution in [2.45, 2.75) is 65.5 Å². The first-order chi connectivity index (χ1) is 6.14. The van der Waals surface area contributed by atoms with E-state index in [1.54, 1.807) is 0 Å². The molecule has 0 fully saturated rings. The van der Waals surface area contributed by atoms with Crippen LogP contribution in [0.1, 0.15) is 55.4 Å². The molecule has 14 heavy (non-hydrogen) atoms. The molecule has 0 N–H and O–H groups in total. The summed E-state index contributed by atoms with van der Waals surface area (Å²) in [5, 5.41) is 0.981. The van der Waals surface area contributed by atoms with Crippen LogP contribution < -0.4 is 0 Å². The second-order valence-corrected chi connectivity index (χ2v) is 11.4. The zero-order valence-corrected chi connectivity index (χ0v) is 12.6. The van der Waals surface area contributed by atoms with Crippen molar-refractivity contribution < 1.29 is 0 Å². The van der Waals surface area contributed by atoms with E-state index in [4.69, 9.17) is 0 Å². The summed E-state index contributed by atoms with van der Waals surface area (Å²) in [6.45, 7) is 21.5. The SMILES string of the molecule is CCN(CC)[SiH](C(C)(C)C)C(C)(C)C. The van der Waals surface area contributed by atoms with E-state index in [1.165, 1.54) is 13.1 Å². The third-order valence-electron chi connectivity index (χ3n) is 2.82. The minimum absolute atomic E-state index is 0.490. The Bertz CT molecular complexity index is 146. The molecule has 86 valence electrons. The van der Waals surface area contributed by atoms with Crippen molar-refractivity contribution in [2.24, 2.45) is 0 Å². The Morgan fingerprint density at radius 3 is 1.14 bits per heavy atom. The summed E-state index contributed by atoms with van der Waals surface area (Å²) in [4.78, 5) is 0. The van der Waals surface area contributed by atoms with Gasteiger partial charge < -0.3 is 4.57 Å². The van der Waals surface area contributed by atoms with Gasteiger partial charge in [-0.05, 0) is 23.2 Å². The van der Waals surface area contributed by atoms with Gasteiger partial charge in [0.1, 0.15) is 8.96 Å². The highest BCUT2D eigenvalue weighted by atomic mass is 28.3. The van der Waals surface area contributed by atoms with Crippen molar-refractivity contribution in [3.63, 3.8) is 0 Å². The molecule has 0 aromatic rings. The van der Waals surface area contributed by atoms with Gasteiger partial charge in [-0.3, -0.25) is 0 Å². The van der Waals surface area contributed by atoms with Crippen molar-refractivity contribution in [3.8, 4) is 0 Å². The first-order valence-corrected chi connectivity index (χ1v) is 7.55. The van der Waals surface area contributed by atoms with E-state index in [0.29, 0.717) is 10.1 Å². The molecule has 0 saturated heterocycles. The first-order valence-electron chi connectivity index (χ1n) is 5.88.